The number of fused-ring (bicyclic) bond motifs is 7. The van der Waals surface area contributed by atoms with Crippen molar-refractivity contribution in [1.29, 1.82) is 0 Å². The average molecular weight is 607 g/mol. The smallest absolute Gasteiger partial charge is 0.459 e. The standard InChI is InChI=1S/C31H40F6O5/c1-16(15-40-26(38)30(32,33)34)5-8-23-17(2)25-24(42-23)14-22-20-7-6-18-13-19(41-27(39)31(35,36)37)9-11-28(18,3)21(20)10-12-29(22,25)4/h6,16,19-25H,2,5,7-15H2,1,3-4H3/t16?,19?,20-,21+,22+,23?,24+,25+,28+,29+/m1/s1. The largest absolute Gasteiger partial charge is 0.490 e. The van der Waals surface area contributed by atoms with E-state index in [1.54, 1.807) is 6.92 Å². The molecule has 0 aromatic rings. The molecule has 3 saturated carbocycles. The summed E-state index contributed by atoms with van der Waals surface area (Å²) in [5, 5.41) is 0. The van der Waals surface area contributed by atoms with Gasteiger partial charge < -0.3 is 14.2 Å². The maximum absolute atomic E-state index is 12.8. The molecule has 4 aliphatic carbocycles. The summed E-state index contributed by atoms with van der Waals surface area (Å²) in [6, 6.07) is 0. The summed E-state index contributed by atoms with van der Waals surface area (Å²) >= 11 is 0. The van der Waals surface area contributed by atoms with Crippen molar-refractivity contribution in [2.45, 2.75) is 109 Å². The van der Waals surface area contributed by atoms with Crippen LogP contribution in [0.5, 0.6) is 0 Å². The molecule has 0 spiro atoms. The number of ether oxygens (including phenoxy) is 3. The molecule has 1 aliphatic heterocycles. The molecule has 0 aromatic carbocycles. The Hall–Kier alpha value is -2.04. The van der Waals surface area contributed by atoms with Gasteiger partial charge in [0.15, 0.2) is 0 Å². The molecule has 0 aromatic heterocycles. The minimum atomic E-state index is -5.00. The first kappa shape index (κ1) is 31.4. The van der Waals surface area contributed by atoms with E-state index in [0.29, 0.717) is 49.9 Å². The third-order valence-electron chi connectivity index (χ3n) is 11.4. The predicted octanol–water partition coefficient (Wildman–Crippen LogP) is 7.49. The number of rotatable bonds is 6. The molecule has 236 valence electrons. The zero-order valence-corrected chi connectivity index (χ0v) is 24.3. The van der Waals surface area contributed by atoms with Gasteiger partial charge in [0.2, 0.25) is 0 Å². The Kier molecular flexibility index (Phi) is 8.10. The van der Waals surface area contributed by atoms with Crippen molar-refractivity contribution in [3.05, 3.63) is 23.8 Å². The van der Waals surface area contributed by atoms with Gasteiger partial charge in [-0.15, -0.1) is 0 Å². The monoisotopic (exact) mass is 606 g/mol. The normalized spacial score (nSPS) is 40.3. The van der Waals surface area contributed by atoms with Crippen LogP contribution in [0.1, 0.15) is 78.6 Å². The second-order valence-electron chi connectivity index (χ2n) is 13.8. The van der Waals surface area contributed by atoms with E-state index in [1.165, 1.54) is 0 Å². The van der Waals surface area contributed by atoms with Gasteiger partial charge in [0, 0.05) is 12.3 Å². The van der Waals surface area contributed by atoms with Crippen molar-refractivity contribution in [3.8, 4) is 0 Å². The number of allylic oxidation sites excluding steroid dienone is 1. The Balaban J connectivity index is 1.20. The van der Waals surface area contributed by atoms with Crippen molar-refractivity contribution in [3.63, 3.8) is 0 Å². The van der Waals surface area contributed by atoms with Crippen LogP contribution in [0.4, 0.5) is 26.3 Å². The Morgan fingerprint density at radius 3 is 2.43 bits per heavy atom. The van der Waals surface area contributed by atoms with Crippen LogP contribution in [0, 0.1) is 40.4 Å². The number of hydrogen-bond acceptors (Lipinski definition) is 5. The van der Waals surface area contributed by atoms with Crippen LogP contribution in [-0.2, 0) is 23.8 Å². The van der Waals surface area contributed by atoms with Gasteiger partial charge in [0.1, 0.15) is 6.10 Å². The first-order valence-electron chi connectivity index (χ1n) is 15.0. The second-order valence-corrected chi connectivity index (χ2v) is 13.8. The molecule has 11 heteroatoms. The minimum Gasteiger partial charge on any atom is -0.459 e. The van der Waals surface area contributed by atoms with Crippen LogP contribution in [-0.4, -0.2) is 49.2 Å². The van der Waals surface area contributed by atoms with Gasteiger partial charge in [-0.3, -0.25) is 0 Å². The number of hydrogen-bond donors (Lipinski definition) is 0. The molecule has 5 rings (SSSR count). The van der Waals surface area contributed by atoms with Gasteiger partial charge in [-0.25, -0.2) is 9.59 Å². The SMILES string of the molecule is C=C1C(CCC(C)COC(=O)C(F)(F)F)O[C@H]2C[C@H]3[C@@H]4CC=C5CC(OC(=O)C(F)(F)F)CC[C@]5(C)[C@H]4CC[C@]3(C)[C@@H]12. The number of carbonyl (C=O) groups is 2. The van der Waals surface area contributed by atoms with Crippen LogP contribution in [0.2, 0.25) is 0 Å². The van der Waals surface area contributed by atoms with E-state index >= 15 is 0 Å². The van der Waals surface area contributed by atoms with Crippen molar-refractivity contribution >= 4 is 11.9 Å². The van der Waals surface area contributed by atoms with Gasteiger partial charge in [0.25, 0.3) is 0 Å². The molecule has 3 unspecified atom stereocenters. The molecule has 42 heavy (non-hydrogen) atoms. The Bertz CT molecular complexity index is 1130. The van der Waals surface area contributed by atoms with Crippen molar-refractivity contribution in [2.75, 3.05) is 6.61 Å². The van der Waals surface area contributed by atoms with E-state index in [1.807, 2.05) is 0 Å². The molecule has 4 fully saturated rings. The second kappa shape index (κ2) is 10.8. The van der Waals surface area contributed by atoms with E-state index in [4.69, 9.17) is 9.47 Å². The van der Waals surface area contributed by atoms with Crippen molar-refractivity contribution in [2.24, 2.45) is 40.4 Å². The van der Waals surface area contributed by atoms with Gasteiger partial charge in [0.05, 0.1) is 18.8 Å². The van der Waals surface area contributed by atoms with E-state index in [-0.39, 0.29) is 41.5 Å². The fourth-order valence-electron chi connectivity index (χ4n) is 9.30. The van der Waals surface area contributed by atoms with E-state index in [9.17, 15) is 35.9 Å². The molecule has 0 N–H and O–H groups in total. The topological polar surface area (TPSA) is 61.8 Å². The predicted molar refractivity (Wildman–Crippen MR) is 140 cm³/mol. The Labute approximate surface area is 242 Å². The quantitative estimate of drug-likeness (QED) is 0.178. The summed E-state index contributed by atoms with van der Waals surface area (Å²) < 4.78 is 91.3. The van der Waals surface area contributed by atoms with Crippen LogP contribution in [0.15, 0.2) is 23.8 Å². The third kappa shape index (κ3) is 5.52. The first-order valence-corrected chi connectivity index (χ1v) is 15.0. The zero-order valence-electron chi connectivity index (χ0n) is 24.3. The van der Waals surface area contributed by atoms with Gasteiger partial charge >= 0.3 is 24.3 Å². The lowest BCUT2D eigenvalue weighted by Crippen LogP contribution is -2.51. The number of esters is 2. The molecule has 0 radical (unpaired) electrons. The zero-order chi connectivity index (χ0) is 30.8. The highest BCUT2D eigenvalue weighted by atomic mass is 19.4. The van der Waals surface area contributed by atoms with E-state index in [2.05, 4.69) is 31.2 Å². The fourth-order valence-corrected chi connectivity index (χ4v) is 9.30. The van der Waals surface area contributed by atoms with E-state index < -0.39 is 30.4 Å². The molecule has 1 saturated heterocycles. The van der Waals surface area contributed by atoms with E-state index in [0.717, 1.165) is 36.8 Å². The van der Waals surface area contributed by atoms with Crippen LogP contribution in [0.25, 0.3) is 0 Å². The van der Waals surface area contributed by atoms with Crippen molar-refractivity contribution < 1.29 is 50.1 Å². The highest BCUT2D eigenvalue weighted by Crippen LogP contribution is 2.69. The van der Waals surface area contributed by atoms with Crippen LogP contribution >= 0.6 is 0 Å². The molecule has 1 heterocycles. The molecule has 0 amide bonds. The summed E-state index contributed by atoms with van der Waals surface area (Å²) in [5.74, 6) is -3.09. The Morgan fingerprint density at radius 1 is 1.07 bits per heavy atom. The maximum atomic E-state index is 12.8. The molecule has 10 atom stereocenters. The van der Waals surface area contributed by atoms with Crippen LogP contribution in [0.3, 0.4) is 0 Å². The summed E-state index contributed by atoms with van der Waals surface area (Å²) in [6.07, 6.45) is -2.33. The summed E-state index contributed by atoms with van der Waals surface area (Å²) in [5.41, 5.74) is 2.04. The number of carbonyl (C=O) groups excluding carboxylic acids is 2. The molecule has 5 nitrogen and oxygen atoms in total. The highest BCUT2D eigenvalue weighted by molar-refractivity contribution is 5.76. The lowest BCUT2D eigenvalue weighted by atomic mass is 9.47. The number of alkyl halides is 6. The van der Waals surface area contributed by atoms with Crippen LogP contribution < -0.4 is 0 Å². The molecular weight excluding hydrogens is 566 g/mol. The van der Waals surface area contributed by atoms with Crippen molar-refractivity contribution in [1.82, 2.24) is 0 Å². The fraction of sp³-hybridized carbons (Fsp3) is 0.806. The van der Waals surface area contributed by atoms with Gasteiger partial charge in [-0.1, -0.05) is 39.0 Å². The van der Waals surface area contributed by atoms with Gasteiger partial charge in [-0.05, 0) is 91.4 Å². The highest BCUT2D eigenvalue weighted by Gasteiger charge is 2.64. The lowest BCUT2D eigenvalue weighted by molar-refractivity contribution is -0.206. The minimum absolute atomic E-state index is 0.00661. The maximum Gasteiger partial charge on any atom is 0.490 e. The summed E-state index contributed by atoms with van der Waals surface area (Å²) in [6.45, 7) is 10.5. The average Bonchev–Trinajstić information content (AvgIpc) is 3.37. The summed E-state index contributed by atoms with van der Waals surface area (Å²) in [4.78, 5) is 22.4. The number of halogens is 6. The third-order valence-corrected chi connectivity index (χ3v) is 11.4. The lowest BCUT2D eigenvalue weighted by Gasteiger charge is -2.58. The van der Waals surface area contributed by atoms with Gasteiger partial charge in [-0.2, -0.15) is 26.3 Å². The first-order chi connectivity index (χ1) is 19.4. The Morgan fingerprint density at radius 2 is 1.76 bits per heavy atom. The molecule has 5 aliphatic rings. The molecular formula is C31H40F6O5. The molecule has 0 bridgehead atoms. The summed E-state index contributed by atoms with van der Waals surface area (Å²) in [7, 11) is 0.